The summed E-state index contributed by atoms with van der Waals surface area (Å²) in [5.41, 5.74) is 5.61. The molecule has 1 fully saturated rings. The number of sulfone groups is 1. The summed E-state index contributed by atoms with van der Waals surface area (Å²) in [4.78, 5) is 11.1. The fourth-order valence-electron chi connectivity index (χ4n) is 1.39. The minimum absolute atomic E-state index is 0.0711. The minimum atomic E-state index is -3.10. The van der Waals surface area contributed by atoms with Crippen molar-refractivity contribution in [1.82, 2.24) is 0 Å². The zero-order valence-electron chi connectivity index (χ0n) is 7.39. The van der Waals surface area contributed by atoms with E-state index in [0.29, 0.717) is 6.42 Å². The molecule has 1 heterocycles. The summed E-state index contributed by atoms with van der Waals surface area (Å²) in [5, 5.41) is 0. The number of carbonyl (C=O) groups is 1. The monoisotopic (exact) mass is 207 g/mol. The molecule has 0 aromatic carbocycles. The summed E-state index contributed by atoms with van der Waals surface area (Å²) in [6.07, 6.45) is 0.335. The van der Waals surface area contributed by atoms with Crippen molar-refractivity contribution in [1.29, 1.82) is 0 Å². The fourth-order valence-corrected chi connectivity index (χ4v) is 3.12. The Bertz CT molecular complexity index is 298. The summed E-state index contributed by atoms with van der Waals surface area (Å²) in [6.45, 7) is 0. The molecule has 0 aromatic heterocycles. The molecule has 0 saturated carbocycles. The van der Waals surface area contributed by atoms with Crippen LogP contribution in [0.3, 0.4) is 0 Å². The number of methoxy groups -OCH3 is 1. The van der Waals surface area contributed by atoms with Crippen LogP contribution in [0.25, 0.3) is 0 Å². The molecule has 5 nitrogen and oxygen atoms in total. The number of hydrogen-bond donors (Lipinski definition) is 1. The molecule has 1 aliphatic heterocycles. The van der Waals surface area contributed by atoms with Gasteiger partial charge in [-0.1, -0.05) is 0 Å². The van der Waals surface area contributed by atoms with Gasteiger partial charge in [-0.2, -0.15) is 0 Å². The smallest absolute Gasteiger partial charge is 0.311 e. The van der Waals surface area contributed by atoms with E-state index in [9.17, 15) is 13.2 Å². The van der Waals surface area contributed by atoms with Crippen molar-refractivity contribution in [2.45, 2.75) is 12.5 Å². The third kappa shape index (κ3) is 2.41. The van der Waals surface area contributed by atoms with Crippen molar-refractivity contribution < 1.29 is 17.9 Å². The van der Waals surface area contributed by atoms with Gasteiger partial charge in [0.05, 0.1) is 24.5 Å². The molecule has 0 spiro atoms. The Balaban J connectivity index is 2.77. The lowest BCUT2D eigenvalue weighted by atomic mass is 10.0. The van der Waals surface area contributed by atoms with Crippen LogP contribution >= 0.6 is 0 Å². The summed E-state index contributed by atoms with van der Waals surface area (Å²) < 4.78 is 26.8. The van der Waals surface area contributed by atoms with Crippen LogP contribution in [0, 0.1) is 5.92 Å². The van der Waals surface area contributed by atoms with Gasteiger partial charge in [0.2, 0.25) is 0 Å². The molecule has 2 N–H and O–H groups in total. The summed E-state index contributed by atoms with van der Waals surface area (Å²) >= 11 is 0. The van der Waals surface area contributed by atoms with Gasteiger partial charge in [-0.05, 0) is 6.42 Å². The maximum atomic E-state index is 11.2. The van der Waals surface area contributed by atoms with Crippen molar-refractivity contribution >= 4 is 15.8 Å². The molecular formula is C7H13NO4S. The highest BCUT2D eigenvalue weighted by Gasteiger charge is 2.36. The van der Waals surface area contributed by atoms with E-state index in [1.807, 2.05) is 0 Å². The van der Waals surface area contributed by atoms with Gasteiger partial charge in [-0.25, -0.2) is 8.42 Å². The van der Waals surface area contributed by atoms with Crippen molar-refractivity contribution in [3.8, 4) is 0 Å². The van der Waals surface area contributed by atoms with Crippen LogP contribution in [0.4, 0.5) is 0 Å². The predicted octanol–water partition coefficient (Wildman–Crippen LogP) is -1.08. The minimum Gasteiger partial charge on any atom is -0.469 e. The van der Waals surface area contributed by atoms with Gasteiger partial charge in [0, 0.05) is 6.04 Å². The van der Waals surface area contributed by atoms with Crippen molar-refractivity contribution in [2.75, 3.05) is 18.6 Å². The molecule has 0 bridgehead atoms. The molecule has 0 unspecified atom stereocenters. The van der Waals surface area contributed by atoms with Gasteiger partial charge >= 0.3 is 5.97 Å². The number of ether oxygens (including phenoxy) is 1. The number of esters is 1. The van der Waals surface area contributed by atoms with Crippen LogP contribution in [0.1, 0.15) is 6.42 Å². The van der Waals surface area contributed by atoms with E-state index in [4.69, 9.17) is 5.73 Å². The van der Waals surface area contributed by atoms with Gasteiger partial charge in [-0.15, -0.1) is 0 Å². The van der Waals surface area contributed by atoms with Gasteiger partial charge in [0.25, 0.3) is 0 Å². The maximum absolute atomic E-state index is 11.2. The van der Waals surface area contributed by atoms with Crippen LogP contribution in [0.2, 0.25) is 0 Å². The Labute approximate surface area is 77.2 Å². The summed E-state index contributed by atoms with van der Waals surface area (Å²) in [7, 11) is -1.87. The quantitative estimate of drug-likeness (QED) is 0.553. The lowest BCUT2D eigenvalue weighted by Crippen LogP contribution is -2.46. The van der Waals surface area contributed by atoms with E-state index in [-0.39, 0.29) is 11.5 Å². The lowest BCUT2D eigenvalue weighted by molar-refractivity contribution is -0.145. The van der Waals surface area contributed by atoms with Gasteiger partial charge in [-0.3, -0.25) is 4.79 Å². The molecule has 1 aliphatic rings. The zero-order chi connectivity index (χ0) is 10.1. The number of rotatable bonds is 1. The Morgan fingerprint density at radius 3 is 2.69 bits per heavy atom. The van der Waals surface area contributed by atoms with E-state index >= 15 is 0 Å². The molecule has 1 saturated heterocycles. The number of carbonyl (C=O) groups excluding carboxylic acids is 1. The number of nitrogens with two attached hydrogens (primary N) is 1. The highest BCUT2D eigenvalue weighted by molar-refractivity contribution is 7.91. The molecule has 76 valence electrons. The highest BCUT2D eigenvalue weighted by Crippen LogP contribution is 2.18. The van der Waals surface area contributed by atoms with Crippen molar-refractivity contribution in [3.63, 3.8) is 0 Å². The Hall–Kier alpha value is -0.620. The van der Waals surface area contributed by atoms with E-state index in [2.05, 4.69) is 4.74 Å². The number of hydrogen-bond acceptors (Lipinski definition) is 5. The van der Waals surface area contributed by atoms with Gasteiger partial charge < -0.3 is 10.5 Å². The topological polar surface area (TPSA) is 86.5 Å². The predicted molar refractivity (Wildman–Crippen MR) is 46.8 cm³/mol. The molecular weight excluding hydrogens is 194 g/mol. The van der Waals surface area contributed by atoms with Crippen LogP contribution < -0.4 is 5.73 Å². The third-order valence-corrected chi connectivity index (χ3v) is 3.94. The van der Waals surface area contributed by atoms with Crippen molar-refractivity contribution in [2.24, 2.45) is 11.7 Å². The first kappa shape index (κ1) is 10.5. The second kappa shape index (κ2) is 3.63. The first-order chi connectivity index (χ1) is 5.96. The van der Waals surface area contributed by atoms with E-state index in [1.165, 1.54) is 7.11 Å². The third-order valence-electron chi connectivity index (χ3n) is 2.22. The highest BCUT2D eigenvalue weighted by atomic mass is 32.2. The molecule has 1 rings (SSSR count). The first-order valence-corrected chi connectivity index (χ1v) is 5.82. The molecule has 0 radical (unpaired) electrons. The molecule has 2 atom stereocenters. The Morgan fingerprint density at radius 1 is 1.54 bits per heavy atom. The van der Waals surface area contributed by atoms with Crippen LogP contribution in [-0.2, 0) is 19.4 Å². The largest absolute Gasteiger partial charge is 0.469 e. The average molecular weight is 207 g/mol. The molecule has 13 heavy (non-hydrogen) atoms. The average Bonchev–Trinajstić information content (AvgIpc) is 2.08. The van der Waals surface area contributed by atoms with Gasteiger partial charge in [0.15, 0.2) is 9.84 Å². The van der Waals surface area contributed by atoms with Gasteiger partial charge in [0.1, 0.15) is 0 Å². The first-order valence-electron chi connectivity index (χ1n) is 4.00. The van der Waals surface area contributed by atoms with E-state index < -0.39 is 27.8 Å². The molecule has 0 amide bonds. The maximum Gasteiger partial charge on any atom is 0.311 e. The molecule has 6 heteroatoms. The second-order valence-corrected chi connectivity index (χ2v) is 5.43. The summed E-state index contributed by atoms with van der Waals surface area (Å²) in [6, 6.07) is -0.393. The normalized spacial score (nSPS) is 32.5. The molecule has 0 aromatic rings. The SMILES string of the molecule is COC(=O)[C@@H]1CS(=O)(=O)CC[C@H]1N. The van der Waals surface area contributed by atoms with Crippen LogP contribution in [0.15, 0.2) is 0 Å². The van der Waals surface area contributed by atoms with E-state index in [0.717, 1.165) is 0 Å². The van der Waals surface area contributed by atoms with Crippen LogP contribution in [-0.4, -0.2) is 39.0 Å². The van der Waals surface area contributed by atoms with Crippen molar-refractivity contribution in [3.05, 3.63) is 0 Å². The lowest BCUT2D eigenvalue weighted by Gasteiger charge is -2.25. The zero-order valence-corrected chi connectivity index (χ0v) is 8.21. The molecule has 0 aliphatic carbocycles. The fraction of sp³-hybridized carbons (Fsp3) is 0.857. The Kier molecular flexibility index (Phi) is 2.92. The second-order valence-electron chi connectivity index (χ2n) is 3.20. The summed E-state index contributed by atoms with van der Waals surface area (Å²) in [5.74, 6) is -1.33. The standard InChI is InChI=1S/C7H13NO4S/c1-12-7(9)5-4-13(10,11)3-2-6(5)8/h5-6H,2-4,8H2,1H3/t5-,6-/m1/s1. The van der Waals surface area contributed by atoms with E-state index in [1.54, 1.807) is 0 Å². The Morgan fingerprint density at radius 2 is 2.15 bits per heavy atom. The van der Waals surface area contributed by atoms with Crippen LogP contribution in [0.5, 0.6) is 0 Å².